The molecule has 4 N–H and O–H groups in total. The lowest BCUT2D eigenvalue weighted by Crippen LogP contribution is -2.49. The Labute approximate surface area is 42.3 Å². The molecule has 0 aliphatic rings. The van der Waals surface area contributed by atoms with Gasteiger partial charge in [0.15, 0.2) is 0 Å². The molecule has 3 heteroatoms. The van der Waals surface area contributed by atoms with Crippen molar-refractivity contribution in [2.45, 2.75) is 0 Å². The molecule has 0 radical (unpaired) electrons. The van der Waals surface area contributed by atoms with Gasteiger partial charge in [-0.1, -0.05) is 6.58 Å². The van der Waals surface area contributed by atoms with Gasteiger partial charge in [0.2, 0.25) is 0 Å². The average Bonchev–Trinajstić information content (AvgIpc) is 1.68. The molecule has 0 heterocycles. The van der Waals surface area contributed by atoms with Crippen molar-refractivity contribution in [1.82, 2.24) is 0 Å². The predicted octanol–water partition coefficient (Wildman–Crippen LogP) is -1.29. The molecule has 0 aliphatic carbocycles. The zero-order valence-electron chi connectivity index (χ0n) is 4.18. The third-order valence-electron chi connectivity index (χ3n) is 0.530. The van der Waals surface area contributed by atoms with Crippen molar-refractivity contribution < 1.29 is 15.8 Å². The molecule has 0 spiro atoms. The second kappa shape index (κ2) is 3.80. The van der Waals surface area contributed by atoms with Crippen LogP contribution in [0.2, 0.25) is 0 Å². The Morgan fingerprint density at radius 1 is 1.86 bits per heavy atom. The van der Waals surface area contributed by atoms with Crippen LogP contribution in [0.25, 0.3) is 0 Å². The molecular formula is C4H10NO2+. The summed E-state index contributed by atoms with van der Waals surface area (Å²) in [5.74, 6) is 3.10. The van der Waals surface area contributed by atoms with Gasteiger partial charge in [-0.2, -0.15) is 0 Å². The van der Waals surface area contributed by atoms with E-state index < -0.39 is 0 Å². The van der Waals surface area contributed by atoms with Crippen LogP contribution in [0.4, 0.5) is 0 Å². The summed E-state index contributed by atoms with van der Waals surface area (Å²) in [6.45, 7) is 3.77. The number of aliphatic hydroxyl groups is 1. The van der Waals surface area contributed by atoms with Gasteiger partial charge in [0.25, 0.3) is 0 Å². The Kier molecular flexibility index (Phi) is 3.59. The molecule has 0 amide bonds. The molecule has 0 unspecified atom stereocenters. The molecule has 0 atom stereocenters. The van der Waals surface area contributed by atoms with Crippen LogP contribution in [0.3, 0.4) is 0 Å². The summed E-state index contributed by atoms with van der Waals surface area (Å²) in [5, 5.41) is 8.26. The van der Waals surface area contributed by atoms with E-state index in [1.165, 1.54) is 0 Å². The van der Waals surface area contributed by atoms with Gasteiger partial charge in [-0.3, -0.25) is 0 Å². The van der Waals surface area contributed by atoms with E-state index in [4.69, 9.17) is 5.11 Å². The molecular weight excluding hydrogens is 94.0 g/mol. The summed E-state index contributed by atoms with van der Waals surface area (Å²) in [5.41, 5.74) is 0.648. The first kappa shape index (κ1) is 6.62. The normalized spacial score (nSPS) is 8.86. The van der Waals surface area contributed by atoms with E-state index in [1.807, 2.05) is 0 Å². The van der Waals surface area contributed by atoms with E-state index in [1.54, 1.807) is 0 Å². The van der Waals surface area contributed by atoms with E-state index in [0.29, 0.717) is 12.2 Å². The van der Waals surface area contributed by atoms with Gasteiger partial charge in [-0.05, 0) is 5.57 Å². The first-order valence-corrected chi connectivity index (χ1v) is 1.95. The number of rotatable bonds is 3. The topological polar surface area (TPSA) is 57.1 Å². The van der Waals surface area contributed by atoms with Crippen LogP contribution in [0.5, 0.6) is 0 Å². The molecule has 3 nitrogen and oxygen atoms in total. The van der Waals surface area contributed by atoms with Gasteiger partial charge in [-0.15, -0.1) is 0 Å². The van der Waals surface area contributed by atoms with Crippen LogP contribution in [0.1, 0.15) is 0 Å². The summed E-state index contributed by atoms with van der Waals surface area (Å²) in [7, 11) is 0. The van der Waals surface area contributed by atoms with Crippen LogP contribution >= 0.6 is 0 Å². The monoisotopic (exact) mass is 104 g/mol. The number of hydrogen-bond acceptors (Lipinski definition) is 2. The largest absolute Gasteiger partial charge is 0.392 e. The van der Waals surface area contributed by atoms with E-state index in [-0.39, 0.29) is 6.61 Å². The third-order valence-corrected chi connectivity index (χ3v) is 0.530. The smallest absolute Gasteiger partial charge is 0.129 e. The SMILES string of the molecule is C=C(CO)CO[NH3+]. The minimum absolute atomic E-state index is 0.0183. The fraction of sp³-hybridized carbons (Fsp3) is 0.500. The van der Waals surface area contributed by atoms with Crippen LogP contribution in [0.15, 0.2) is 12.2 Å². The van der Waals surface area contributed by atoms with Crippen LogP contribution in [-0.2, 0) is 4.84 Å². The highest BCUT2D eigenvalue weighted by molar-refractivity contribution is 4.92. The Bertz CT molecular complexity index is 62.7. The highest BCUT2D eigenvalue weighted by Gasteiger charge is 1.87. The van der Waals surface area contributed by atoms with Gasteiger partial charge >= 0.3 is 0 Å². The minimum atomic E-state index is -0.0183. The lowest BCUT2D eigenvalue weighted by molar-refractivity contribution is -0.686. The van der Waals surface area contributed by atoms with Crippen molar-refractivity contribution in [2.24, 2.45) is 0 Å². The van der Waals surface area contributed by atoms with Crippen molar-refractivity contribution >= 4 is 0 Å². The highest BCUT2D eigenvalue weighted by atomic mass is 16.6. The molecule has 0 saturated carbocycles. The lowest BCUT2D eigenvalue weighted by Gasteiger charge is -1.91. The van der Waals surface area contributed by atoms with Gasteiger partial charge in [0.1, 0.15) is 6.61 Å². The van der Waals surface area contributed by atoms with Crippen molar-refractivity contribution in [1.29, 1.82) is 0 Å². The number of hydrogen-bond donors (Lipinski definition) is 2. The van der Waals surface area contributed by atoms with E-state index in [2.05, 4.69) is 17.3 Å². The molecule has 42 valence electrons. The van der Waals surface area contributed by atoms with Crippen molar-refractivity contribution in [3.63, 3.8) is 0 Å². The Morgan fingerprint density at radius 3 is 2.57 bits per heavy atom. The molecule has 7 heavy (non-hydrogen) atoms. The maximum Gasteiger partial charge on any atom is 0.129 e. The molecule has 0 aromatic heterocycles. The maximum absolute atomic E-state index is 8.26. The Hall–Kier alpha value is -0.380. The summed E-state index contributed by atoms with van der Waals surface area (Å²) in [6, 6.07) is 0. The number of aliphatic hydroxyl groups excluding tert-OH is 1. The standard InChI is InChI=1S/C4H10NO2/c1-4(2-6)3-7-5/h6H,1-3H2,5H3/q+1. The summed E-state index contributed by atoms with van der Waals surface area (Å²) >= 11 is 0. The first-order valence-electron chi connectivity index (χ1n) is 1.95. The van der Waals surface area contributed by atoms with Crippen molar-refractivity contribution in [3.05, 3.63) is 12.2 Å². The minimum Gasteiger partial charge on any atom is -0.392 e. The van der Waals surface area contributed by atoms with E-state index in [0.717, 1.165) is 0 Å². The molecule has 0 saturated heterocycles. The Morgan fingerprint density at radius 2 is 2.43 bits per heavy atom. The third kappa shape index (κ3) is 3.45. The van der Waals surface area contributed by atoms with Crippen molar-refractivity contribution in [3.8, 4) is 0 Å². The summed E-state index contributed by atoms with van der Waals surface area (Å²) in [4.78, 5) is 4.38. The molecule has 0 fully saturated rings. The lowest BCUT2D eigenvalue weighted by atomic mass is 10.4. The van der Waals surface area contributed by atoms with Crippen molar-refractivity contribution in [2.75, 3.05) is 13.2 Å². The van der Waals surface area contributed by atoms with Gasteiger partial charge < -0.3 is 5.11 Å². The Balaban J connectivity index is 3.00. The molecule has 0 bridgehead atoms. The van der Waals surface area contributed by atoms with E-state index in [9.17, 15) is 0 Å². The average molecular weight is 104 g/mol. The maximum atomic E-state index is 8.26. The molecule has 0 aliphatic heterocycles. The quantitative estimate of drug-likeness (QED) is 0.345. The fourth-order valence-electron chi connectivity index (χ4n) is 0.190. The van der Waals surface area contributed by atoms with Crippen LogP contribution in [-0.4, -0.2) is 18.3 Å². The molecule has 0 aromatic rings. The number of quaternary nitrogens is 1. The van der Waals surface area contributed by atoms with Gasteiger partial charge in [0, 0.05) is 0 Å². The fourth-order valence-corrected chi connectivity index (χ4v) is 0.190. The van der Waals surface area contributed by atoms with E-state index >= 15 is 0 Å². The van der Waals surface area contributed by atoms with Crippen LogP contribution < -0.4 is 5.90 Å². The van der Waals surface area contributed by atoms with Crippen LogP contribution in [0, 0.1) is 0 Å². The highest BCUT2D eigenvalue weighted by Crippen LogP contribution is 1.82. The predicted molar refractivity (Wildman–Crippen MR) is 25.1 cm³/mol. The summed E-state index contributed by atoms with van der Waals surface area (Å²) in [6.07, 6.45) is 0. The summed E-state index contributed by atoms with van der Waals surface area (Å²) < 4.78 is 0. The second-order valence-electron chi connectivity index (χ2n) is 1.26. The zero-order chi connectivity index (χ0) is 5.70. The second-order valence-corrected chi connectivity index (χ2v) is 1.26. The first-order chi connectivity index (χ1) is 3.31. The van der Waals surface area contributed by atoms with Gasteiger partial charge in [0.05, 0.1) is 6.61 Å². The molecule has 0 aromatic carbocycles. The molecule has 0 rings (SSSR count). The van der Waals surface area contributed by atoms with Gasteiger partial charge in [-0.25, -0.2) is 10.7 Å². The zero-order valence-corrected chi connectivity index (χ0v) is 4.18.